The van der Waals surface area contributed by atoms with E-state index in [1.165, 1.54) is 231 Å². The van der Waals surface area contributed by atoms with Gasteiger partial charge in [-0.15, -0.1) is 0 Å². The molecule has 3 aliphatic carbocycles. The number of hydrogen-bond donors (Lipinski definition) is 0. The van der Waals surface area contributed by atoms with Crippen LogP contribution in [0, 0.1) is 0 Å². The summed E-state index contributed by atoms with van der Waals surface area (Å²) in [5.41, 5.74) is 0. The molecule has 0 aromatic rings. The van der Waals surface area contributed by atoms with Crippen LogP contribution in [-0.2, 0) is 0 Å². The zero-order chi connectivity index (χ0) is 30.9. The highest BCUT2D eigenvalue weighted by molar-refractivity contribution is 4.90. The Kier molecular flexibility index (Phi) is 22.6. The van der Waals surface area contributed by atoms with Crippen molar-refractivity contribution < 1.29 is 0 Å². The van der Waals surface area contributed by atoms with Crippen LogP contribution in [0.15, 0.2) is 0 Å². The maximum Gasteiger partial charge on any atom is 0.00993 e. The van der Waals surface area contributed by atoms with Gasteiger partial charge in [0.2, 0.25) is 0 Å². The molecule has 260 valence electrons. The van der Waals surface area contributed by atoms with E-state index in [0.717, 1.165) is 24.2 Å². The van der Waals surface area contributed by atoms with Crippen molar-refractivity contribution in [2.24, 2.45) is 0 Å². The minimum absolute atomic E-state index is 0.887. The summed E-state index contributed by atoms with van der Waals surface area (Å²) in [7, 11) is 0. The molecule has 0 atom stereocenters. The Morgan fingerprint density at radius 1 is 0.295 bits per heavy atom. The second-order valence-electron chi connectivity index (χ2n) is 15.9. The van der Waals surface area contributed by atoms with Gasteiger partial charge in [-0.25, -0.2) is 0 Å². The predicted molar refractivity (Wildman–Crippen MR) is 197 cm³/mol. The van der Waals surface area contributed by atoms with Gasteiger partial charge in [0, 0.05) is 24.2 Å². The fraction of sp³-hybridized carbons (Fsp3) is 1.00. The van der Waals surface area contributed by atoms with Gasteiger partial charge in [0.05, 0.1) is 0 Å². The van der Waals surface area contributed by atoms with E-state index in [4.69, 9.17) is 0 Å². The first kappa shape index (κ1) is 38.4. The van der Waals surface area contributed by atoms with Crippen LogP contribution in [0.25, 0.3) is 0 Å². The molecule has 44 heavy (non-hydrogen) atoms. The van der Waals surface area contributed by atoms with Gasteiger partial charge in [0.15, 0.2) is 0 Å². The van der Waals surface area contributed by atoms with Crippen LogP contribution in [0.1, 0.15) is 232 Å². The van der Waals surface area contributed by atoms with Gasteiger partial charge in [-0.05, 0) is 77.3 Å². The Bertz CT molecular complexity index is 559. The lowest BCUT2D eigenvalue weighted by molar-refractivity contribution is 0.0314. The van der Waals surface area contributed by atoms with Gasteiger partial charge in [-0.1, -0.05) is 168 Å². The molecule has 0 aliphatic heterocycles. The van der Waals surface area contributed by atoms with E-state index in [1.54, 1.807) is 0 Å². The standard InChI is InChI=1S/C42H82N2/c1-3-5-7-9-11-13-15-17-19-27-37-43(39-29-23-21-24-30-39)41-33-35-42(36-34-41)44(40-31-25-22-26-32-40)38-28-20-18-16-14-12-10-8-6-4-2/h39-42H,3-38H2,1-2H3. The van der Waals surface area contributed by atoms with E-state index in [9.17, 15) is 0 Å². The van der Waals surface area contributed by atoms with Crippen molar-refractivity contribution in [1.82, 2.24) is 9.80 Å². The molecule has 3 saturated carbocycles. The van der Waals surface area contributed by atoms with Crippen LogP contribution < -0.4 is 0 Å². The first-order chi connectivity index (χ1) is 21.8. The maximum atomic E-state index is 3.10. The Morgan fingerprint density at radius 3 is 0.841 bits per heavy atom. The Morgan fingerprint density at radius 2 is 0.545 bits per heavy atom. The molecular formula is C42H82N2. The fourth-order valence-electron chi connectivity index (χ4n) is 9.44. The number of unbranched alkanes of at least 4 members (excludes halogenated alkanes) is 18. The number of nitrogens with zero attached hydrogens (tertiary/aromatic N) is 2. The average molecular weight is 615 g/mol. The molecule has 0 aromatic heterocycles. The highest BCUT2D eigenvalue weighted by Crippen LogP contribution is 2.35. The van der Waals surface area contributed by atoms with E-state index >= 15 is 0 Å². The van der Waals surface area contributed by atoms with Crippen LogP contribution >= 0.6 is 0 Å². The molecule has 0 N–H and O–H groups in total. The van der Waals surface area contributed by atoms with E-state index in [1.807, 2.05) is 0 Å². The van der Waals surface area contributed by atoms with Crippen molar-refractivity contribution >= 4 is 0 Å². The van der Waals surface area contributed by atoms with E-state index in [0.29, 0.717) is 0 Å². The van der Waals surface area contributed by atoms with Crippen molar-refractivity contribution in [3.05, 3.63) is 0 Å². The first-order valence-corrected chi connectivity index (χ1v) is 21.3. The van der Waals surface area contributed by atoms with E-state index in [2.05, 4.69) is 23.6 Å². The SMILES string of the molecule is CCCCCCCCCCCCN(C1CCCCC1)C1CCC(N(CCCCCCCCCCCC)C2CCCCC2)CC1. The maximum absolute atomic E-state index is 3.10. The Hall–Kier alpha value is -0.0800. The highest BCUT2D eigenvalue weighted by atomic mass is 15.2. The van der Waals surface area contributed by atoms with Gasteiger partial charge in [0.1, 0.15) is 0 Å². The molecule has 3 rings (SSSR count). The van der Waals surface area contributed by atoms with Gasteiger partial charge >= 0.3 is 0 Å². The van der Waals surface area contributed by atoms with Gasteiger partial charge in [0.25, 0.3) is 0 Å². The molecule has 2 heteroatoms. The normalized spacial score (nSPS) is 22.4. The van der Waals surface area contributed by atoms with Crippen molar-refractivity contribution in [1.29, 1.82) is 0 Å². The zero-order valence-electron chi connectivity index (χ0n) is 30.7. The first-order valence-electron chi connectivity index (χ1n) is 21.3. The average Bonchev–Trinajstić information content (AvgIpc) is 3.07. The van der Waals surface area contributed by atoms with Gasteiger partial charge in [-0.3, -0.25) is 9.80 Å². The number of hydrogen-bond acceptors (Lipinski definition) is 2. The van der Waals surface area contributed by atoms with Crippen molar-refractivity contribution in [2.45, 2.75) is 256 Å². The molecule has 3 aliphatic rings. The fourth-order valence-corrected chi connectivity index (χ4v) is 9.44. The molecule has 2 nitrogen and oxygen atoms in total. The summed E-state index contributed by atoms with van der Waals surface area (Å²) in [4.78, 5) is 6.21. The molecule has 0 amide bonds. The van der Waals surface area contributed by atoms with Crippen molar-refractivity contribution in [2.75, 3.05) is 13.1 Å². The summed E-state index contributed by atoms with van der Waals surface area (Å²) in [6, 6.07) is 3.59. The third-order valence-corrected chi connectivity index (χ3v) is 12.2. The summed E-state index contributed by atoms with van der Waals surface area (Å²) in [5, 5.41) is 0. The number of rotatable bonds is 26. The van der Waals surface area contributed by atoms with Crippen LogP contribution in [0.3, 0.4) is 0 Å². The molecular weight excluding hydrogens is 532 g/mol. The summed E-state index contributed by atoms with van der Waals surface area (Å²) in [6.07, 6.45) is 50.1. The molecule has 3 fully saturated rings. The zero-order valence-corrected chi connectivity index (χ0v) is 30.7. The smallest absolute Gasteiger partial charge is 0.00993 e. The van der Waals surface area contributed by atoms with Gasteiger partial charge in [-0.2, -0.15) is 0 Å². The molecule has 0 aromatic carbocycles. The second kappa shape index (κ2) is 25.9. The summed E-state index contributed by atoms with van der Waals surface area (Å²) in [6.45, 7) is 7.46. The quantitative estimate of drug-likeness (QED) is 0.0894. The molecule has 0 bridgehead atoms. The minimum Gasteiger partial charge on any atom is -0.297 e. The lowest BCUT2D eigenvalue weighted by atomic mass is 9.84. The largest absolute Gasteiger partial charge is 0.297 e. The van der Waals surface area contributed by atoms with E-state index in [-0.39, 0.29) is 0 Å². The summed E-state index contributed by atoms with van der Waals surface area (Å²) in [5.74, 6) is 0. The minimum atomic E-state index is 0.887. The Labute approximate surface area is 278 Å². The molecule has 0 unspecified atom stereocenters. The van der Waals surface area contributed by atoms with Crippen LogP contribution in [0.2, 0.25) is 0 Å². The van der Waals surface area contributed by atoms with E-state index < -0.39 is 0 Å². The van der Waals surface area contributed by atoms with Crippen molar-refractivity contribution in [3.63, 3.8) is 0 Å². The van der Waals surface area contributed by atoms with Gasteiger partial charge < -0.3 is 0 Å². The predicted octanol–water partition coefficient (Wildman–Crippen LogP) is 13.4. The highest BCUT2D eigenvalue weighted by Gasteiger charge is 2.34. The molecule has 0 spiro atoms. The molecule has 0 heterocycles. The van der Waals surface area contributed by atoms with Crippen molar-refractivity contribution in [3.8, 4) is 0 Å². The molecule has 0 radical (unpaired) electrons. The topological polar surface area (TPSA) is 6.48 Å². The lowest BCUT2D eigenvalue weighted by Gasteiger charge is -2.47. The second-order valence-corrected chi connectivity index (χ2v) is 15.9. The summed E-state index contributed by atoms with van der Waals surface area (Å²) >= 11 is 0. The monoisotopic (exact) mass is 615 g/mol. The third-order valence-electron chi connectivity index (χ3n) is 12.2. The van der Waals surface area contributed by atoms with Crippen LogP contribution in [0.4, 0.5) is 0 Å². The summed E-state index contributed by atoms with van der Waals surface area (Å²) < 4.78 is 0. The third kappa shape index (κ3) is 16.2. The van der Waals surface area contributed by atoms with Crippen LogP contribution in [0.5, 0.6) is 0 Å². The Balaban J connectivity index is 1.39. The van der Waals surface area contributed by atoms with Crippen LogP contribution in [-0.4, -0.2) is 47.1 Å². The lowest BCUT2D eigenvalue weighted by Crippen LogP contribution is -2.51. The molecule has 0 saturated heterocycles.